The molecular formula is C29H28N2O5. The Morgan fingerprint density at radius 1 is 0.972 bits per heavy atom. The number of hydrogen-bond donors (Lipinski definition) is 2. The molecule has 3 aromatic carbocycles. The molecule has 0 unspecified atom stereocenters. The van der Waals surface area contributed by atoms with Crippen molar-refractivity contribution in [2.75, 3.05) is 18.5 Å². The summed E-state index contributed by atoms with van der Waals surface area (Å²) in [4.78, 5) is 24.0. The molecule has 184 valence electrons. The molecule has 0 spiro atoms. The zero-order valence-corrected chi connectivity index (χ0v) is 20.5. The SMILES string of the molecule is CCOc1ccc(-c2coc3cc(OCC)c(/C(C)=C/C(=O)Nc4ccc(C(N)=O)cc4)cc23)cc1. The highest BCUT2D eigenvalue weighted by Crippen LogP contribution is 2.38. The van der Waals surface area contributed by atoms with Gasteiger partial charge >= 0.3 is 0 Å². The number of hydrogen-bond acceptors (Lipinski definition) is 5. The van der Waals surface area contributed by atoms with Gasteiger partial charge < -0.3 is 24.9 Å². The first-order valence-corrected chi connectivity index (χ1v) is 11.7. The predicted molar refractivity (Wildman–Crippen MR) is 141 cm³/mol. The Balaban J connectivity index is 1.65. The smallest absolute Gasteiger partial charge is 0.248 e. The molecule has 0 aliphatic heterocycles. The van der Waals surface area contributed by atoms with Crippen LogP contribution in [0.2, 0.25) is 0 Å². The second kappa shape index (κ2) is 10.8. The van der Waals surface area contributed by atoms with Crippen LogP contribution in [-0.2, 0) is 4.79 Å². The van der Waals surface area contributed by atoms with Gasteiger partial charge in [0.15, 0.2) is 0 Å². The average molecular weight is 485 g/mol. The Hall–Kier alpha value is -4.52. The minimum Gasteiger partial charge on any atom is -0.494 e. The van der Waals surface area contributed by atoms with E-state index in [2.05, 4.69) is 5.32 Å². The van der Waals surface area contributed by atoms with Crippen LogP contribution in [0, 0.1) is 0 Å². The number of ether oxygens (including phenoxy) is 2. The van der Waals surface area contributed by atoms with Crippen LogP contribution in [0.3, 0.4) is 0 Å². The highest BCUT2D eigenvalue weighted by Gasteiger charge is 2.15. The Morgan fingerprint density at radius 2 is 1.67 bits per heavy atom. The molecule has 2 amide bonds. The molecule has 0 saturated heterocycles. The predicted octanol–water partition coefficient (Wildman–Crippen LogP) is 6.04. The normalized spacial score (nSPS) is 11.4. The molecule has 0 bridgehead atoms. The van der Waals surface area contributed by atoms with E-state index in [1.807, 2.05) is 57.2 Å². The van der Waals surface area contributed by atoms with E-state index < -0.39 is 5.91 Å². The molecule has 36 heavy (non-hydrogen) atoms. The molecule has 1 heterocycles. The van der Waals surface area contributed by atoms with Crippen LogP contribution < -0.4 is 20.5 Å². The Kier molecular flexibility index (Phi) is 7.39. The second-order valence-corrected chi connectivity index (χ2v) is 8.14. The minimum atomic E-state index is -0.522. The maximum atomic E-state index is 12.7. The largest absolute Gasteiger partial charge is 0.494 e. The molecule has 4 rings (SSSR count). The quantitative estimate of drug-likeness (QED) is 0.282. The van der Waals surface area contributed by atoms with Crippen molar-refractivity contribution in [2.45, 2.75) is 20.8 Å². The van der Waals surface area contributed by atoms with E-state index in [-0.39, 0.29) is 5.91 Å². The van der Waals surface area contributed by atoms with Crippen LogP contribution in [0.4, 0.5) is 5.69 Å². The number of anilines is 1. The van der Waals surface area contributed by atoms with Crippen LogP contribution in [0.5, 0.6) is 11.5 Å². The third kappa shape index (κ3) is 5.41. The van der Waals surface area contributed by atoms with E-state index in [9.17, 15) is 9.59 Å². The fourth-order valence-electron chi connectivity index (χ4n) is 3.93. The number of benzene rings is 3. The van der Waals surface area contributed by atoms with Gasteiger partial charge in [-0.1, -0.05) is 12.1 Å². The van der Waals surface area contributed by atoms with E-state index in [0.717, 1.165) is 33.4 Å². The van der Waals surface area contributed by atoms with Crippen LogP contribution >= 0.6 is 0 Å². The van der Waals surface area contributed by atoms with Gasteiger partial charge in [-0.05, 0) is 74.4 Å². The van der Waals surface area contributed by atoms with Crippen molar-refractivity contribution in [1.29, 1.82) is 0 Å². The van der Waals surface area contributed by atoms with Gasteiger partial charge in [-0.3, -0.25) is 9.59 Å². The summed E-state index contributed by atoms with van der Waals surface area (Å²) in [6.45, 7) is 6.79. The first-order valence-electron chi connectivity index (χ1n) is 11.7. The number of primary amides is 1. The van der Waals surface area contributed by atoms with Crippen LogP contribution in [0.1, 0.15) is 36.7 Å². The monoisotopic (exact) mass is 484 g/mol. The van der Waals surface area contributed by atoms with E-state index in [1.165, 1.54) is 6.08 Å². The number of rotatable bonds is 9. The lowest BCUT2D eigenvalue weighted by Gasteiger charge is -2.12. The van der Waals surface area contributed by atoms with Crippen LogP contribution in [0.25, 0.3) is 27.7 Å². The Labute approximate surface area is 209 Å². The highest BCUT2D eigenvalue weighted by atomic mass is 16.5. The summed E-state index contributed by atoms with van der Waals surface area (Å²) >= 11 is 0. The maximum absolute atomic E-state index is 12.7. The summed E-state index contributed by atoms with van der Waals surface area (Å²) in [5, 5.41) is 3.72. The van der Waals surface area contributed by atoms with Crippen molar-refractivity contribution < 1.29 is 23.5 Å². The molecule has 3 N–H and O–H groups in total. The van der Waals surface area contributed by atoms with Gasteiger partial charge in [-0.2, -0.15) is 0 Å². The summed E-state index contributed by atoms with van der Waals surface area (Å²) < 4.78 is 17.3. The van der Waals surface area contributed by atoms with Crippen molar-refractivity contribution in [3.05, 3.63) is 84.1 Å². The number of furan rings is 1. The zero-order chi connectivity index (χ0) is 25.7. The summed E-state index contributed by atoms with van der Waals surface area (Å²) in [5.41, 5.74) is 10.3. The van der Waals surface area contributed by atoms with Crippen molar-refractivity contribution in [2.24, 2.45) is 5.73 Å². The molecule has 7 nitrogen and oxygen atoms in total. The fraction of sp³-hybridized carbons (Fsp3) is 0.172. The molecule has 0 radical (unpaired) electrons. The molecule has 7 heteroatoms. The van der Waals surface area contributed by atoms with Crippen LogP contribution in [-0.4, -0.2) is 25.0 Å². The zero-order valence-electron chi connectivity index (χ0n) is 20.5. The second-order valence-electron chi connectivity index (χ2n) is 8.14. The van der Waals surface area contributed by atoms with Gasteiger partial charge in [-0.15, -0.1) is 0 Å². The average Bonchev–Trinajstić information content (AvgIpc) is 3.27. The molecule has 0 fully saturated rings. The summed E-state index contributed by atoms with van der Waals surface area (Å²) in [6, 6.07) is 18.1. The van der Waals surface area contributed by atoms with Crippen molar-refractivity contribution in [1.82, 2.24) is 0 Å². The summed E-state index contributed by atoms with van der Waals surface area (Å²) in [6.07, 6.45) is 3.24. The Bertz CT molecular complexity index is 1420. The van der Waals surface area contributed by atoms with Gasteiger partial charge in [0.2, 0.25) is 11.8 Å². The van der Waals surface area contributed by atoms with Gasteiger partial charge in [-0.25, -0.2) is 0 Å². The number of fused-ring (bicyclic) bond motifs is 1. The van der Waals surface area contributed by atoms with Gasteiger partial charge in [0.25, 0.3) is 0 Å². The molecule has 1 aromatic heterocycles. The van der Waals surface area contributed by atoms with E-state index >= 15 is 0 Å². The molecule has 0 aliphatic carbocycles. The van der Waals surface area contributed by atoms with Gasteiger partial charge in [0, 0.05) is 39.9 Å². The van der Waals surface area contributed by atoms with Gasteiger partial charge in [0.1, 0.15) is 17.1 Å². The fourth-order valence-corrected chi connectivity index (χ4v) is 3.93. The van der Waals surface area contributed by atoms with Gasteiger partial charge in [0.05, 0.1) is 19.5 Å². The molecular weight excluding hydrogens is 456 g/mol. The maximum Gasteiger partial charge on any atom is 0.248 e. The highest BCUT2D eigenvalue weighted by molar-refractivity contribution is 6.05. The number of allylic oxidation sites excluding steroid dienone is 1. The molecule has 0 saturated carbocycles. The molecule has 4 aromatic rings. The molecule has 0 atom stereocenters. The third-order valence-electron chi connectivity index (χ3n) is 5.66. The topological polar surface area (TPSA) is 104 Å². The first kappa shape index (κ1) is 24.6. The van der Waals surface area contributed by atoms with Crippen molar-refractivity contribution in [3.8, 4) is 22.6 Å². The van der Waals surface area contributed by atoms with E-state index in [0.29, 0.717) is 35.8 Å². The third-order valence-corrected chi connectivity index (χ3v) is 5.66. The number of amides is 2. The number of nitrogens with two attached hydrogens (primary N) is 1. The van der Waals surface area contributed by atoms with Crippen molar-refractivity contribution >= 4 is 34.0 Å². The number of nitrogens with one attached hydrogen (secondary N) is 1. The summed E-state index contributed by atoms with van der Waals surface area (Å²) in [5.74, 6) is 0.611. The summed E-state index contributed by atoms with van der Waals surface area (Å²) in [7, 11) is 0. The first-order chi connectivity index (χ1) is 17.4. The number of carbonyl (C=O) groups is 2. The van der Waals surface area contributed by atoms with Crippen LogP contribution in [0.15, 0.2) is 77.4 Å². The molecule has 0 aliphatic rings. The Morgan fingerprint density at radius 3 is 2.31 bits per heavy atom. The van der Waals surface area contributed by atoms with Crippen molar-refractivity contribution in [3.63, 3.8) is 0 Å². The lowest BCUT2D eigenvalue weighted by atomic mass is 9.99. The van der Waals surface area contributed by atoms with E-state index in [4.69, 9.17) is 19.6 Å². The lowest BCUT2D eigenvalue weighted by Crippen LogP contribution is -2.12. The minimum absolute atomic E-state index is 0.305. The van der Waals surface area contributed by atoms with E-state index in [1.54, 1.807) is 30.5 Å². The number of carbonyl (C=O) groups excluding carboxylic acids is 2. The lowest BCUT2D eigenvalue weighted by molar-refractivity contribution is -0.111. The standard InChI is InChI=1S/C29H28N2O5/c1-4-34-22-12-8-19(9-13-22)25-17-36-27-16-26(35-5-2)23(15-24(25)27)18(3)14-28(32)31-21-10-6-20(7-11-21)29(30)33/h6-17H,4-5H2,1-3H3,(H2,30,33)(H,31,32)/b18-14+.